The summed E-state index contributed by atoms with van der Waals surface area (Å²) in [7, 11) is -10.1. The van der Waals surface area contributed by atoms with Crippen LogP contribution in [0.3, 0.4) is 0 Å². The molecule has 0 aromatic rings. The molecule has 0 saturated heterocycles. The Kier molecular flexibility index (Phi) is 74.7. The number of ether oxygens (including phenoxy) is 4. The lowest BCUT2D eigenvalue weighted by Gasteiger charge is -2.21. The van der Waals surface area contributed by atoms with Gasteiger partial charge in [-0.25, -0.2) is 9.13 Å². The third kappa shape index (κ3) is 79.0. The van der Waals surface area contributed by atoms with Gasteiger partial charge in [0.05, 0.1) is 32.8 Å². The van der Waals surface area contributed by atoms with Crippen molar-refractivity contribution in [2.75, 3.05) is 39.6 Å². The van der Waals surface area contributed by atoms with Crippen LogP contribution in [0.4, 0.5) is 0 Å². The Hall–Kier alpha value is -7.14. The molecular weight excluding hydrogens is 1430 g/mol. The molecule has 614 valence electrons. The fraction of sp³-hybridized carbons (Fsp3) is 0.516. The van der Waals surface area contributed by atoms with Crippen molar-refractivity contribution in [2.45, 2.75) is 264 Å². The average molecular weight is 1570 g/mol. The standard InChI is InChI=1S/C91H138O17P2/c1-5-9-13-17-21-25-29-33-37-40-42-45-48-51-55-59-63-67-71-75-88(93)101-81-86(107-90(95)77-73-69-65-61-57-53-47-36-32-28-24-20-16-12-8-4)83-105-109(97,98)103-79-85(92)80-104-110(99,100)106-84-87(108-91(96)78-74-70-66-62-58-54-50-44-39-35-31-27-23-19-15-11-7-3)82-102-89(94)76-72-68-64-60-56-52-49-46-43-41-38-34-30-26-22-18-14-10-6-2/h9-16,21-28,33-39,42-43,45-47,50,52,54,56-57,61-62,64,66,68-69,73,85-87,92H,5-8,17-20,29-32,40-41,44,48-49,51,53,55,58-60,63,65,67,70-72,74-84H2,1-4H3,(H,97,98)(H,99,100)/b13-9-,14-10-,15-11-,16-12-,25-21-,26-22-,27-23-,28-24-,37-33-,38-34-,39-35-,45-42-,46-43-,47-36-,54-50-,56-52-,61-57-,66-62-,68-64-,73-69-. The summed E-state index contributed by atoms with van der Waals surface area (Å²) in [6, 6.07) is 0. The lowest BCUT2D eigenvalue weighted by atomic mass is 10.1. The van der Waals surface area contributed by atoms with E-state index in [0.717, 1.165) is 154 Å². The zero-order valence-corrected chi connectivity index (χ0v) is 68.9. The molecule has 5 atom stereocenters. The summed E-state index contributed by atoms with van der Waals surface area (Å²) >= 11 is 0. The summed E-state index contributed by atoms with van der Waals surface area (Å²) in [6.45, 7) is 4.08. The molecule has 110 heavy (non-hydrogen) atoms. The van der Waals surface area contributed by atoms with Crippen LogP contribution in [0, 0.1) is 0 Å². The van der Waals surface area contributed by atoms with Crippen molar-refractivity contribution in [3.63, 3.8) is 0 Å². The molecule has 3 N–H and O–H groups in total. The minimum absolute atomic E-state index is 0.0102. The first-order chi connectivity index (χ1) is 53.7. The number of esters is 4. The number of phosphoric acid groups is 2. The molecule has 0 fully saturated rings. The molecule has 0 rings (SSSR count). The molecule has 5 unspecified atom stereocenters. The quantitative estimate of drug-likeness (QED) is 0.0169. The highest BCUT2D eigenvalue weighted by molar-refractivity contribution is 7.47. The van der Waals surface area contributed by atoms with E-state index in [1.54, 1.807) is 12.2 Å². The normalized spacial score (nSPS) is 15.1. The summed E-state index contributed by atoms with van der Waals surface area (Å²) in [5, 5.41) is 10.6. The second-order valence-electron chi connectivity index (χ2n) is 25.5. The van der Waals surface area contributed by atoms with Gasteiger partial charge in [0.1, 0.15) is 19.3 Å². The zero-order chi connectivity index (χ0) is 80.3. The molecule has 0 aliphatic heterocycles. The van der Waals surface area contributed by atoms with E-state index in [1.807, 2.05) is 42.5 Å². The lowest BCUT2D eigenvalue weighted by molar-refractivity contribution is -0.161. The van der Waals surface area contributed by atoms with Crippen molar-refractivity contribution in [3.8, 4) is 0 Å². The number of carbonyl (C=O) groups is 4. The molecule has 0 radical (unpaired) electrons. The number of carbonyl (C=O) groups excluding carboxylic acids is 4. The van der Waals surface area contributed by atoms with Gasteiger partial charge < -0.3 is 33.8 Å². The van der Waals surface area contributed by atoms with Crippen LogP contribution in [-0.2, 0) is 65.4 Å². The molecule has 0 bridgehead atoms. The minimum Gasteiger partial charge on any atom is -0.462 e. The van der Waals surface area contributed by atoms with E-state index in [4.69, 9.17) is 37.0 Å². The van der Waals surface area contributed by atoms with Crippen molar-refractivity contribution in [3.05, 3.63) is 243 Å². The first-order valence-corrected chi connectivity index (χ1v) is 43.3. The molecule has 0 saturated carbocycles. The molecule has 19 heteroatoms. The van der Waals surface area contributed by atoms with Crippen LogP contribution in [0.15, 0.2) is 243 Å². The summed E-state index contributed by atoms with van der Waals surface area (Å²) in [5.74, 6) is -2.54. The highest BCUT2D eigenvalue weighted by atomic mass is 31.2. The summed E-state index contributed by atoms with van der Waals surface area (Å²) in [6.07, 6.45) is 105. The number of hydrogen-bond acceptors (Lipinski definition) is 15. The molecule has 0 aromatic heterocycles. The topological polar surface area (TPSA) is 237 Å². The number of hydrogen-bond donors (Lipinski definition) is 3. The molecule has 0 amide bonds. The maximum absolute atomic E-state index is 13.1. The Balaban J connectivity index is 5.60. The zero-order valence-electron chi connectivity index (χ0n) is 67.1. The van der Waals surface area contributed by atoms with Crippen molar-refractivity contribution in [2.24, 2.45) is 0 Å². The Morgan fingerprint density at radius 3 is 0.845 bits per heavy atom. The van der Waals surface area contributed by atoms with E-state index in [1.165, 1.54) is 0 Å². The number of unbranched alkanes of at least 4 members (excludes halogenated alkanes) is 7. The third-order valence-corrected chi connectivity index (χ3v) is 17.2. The number of allylic oxidation sites excluding steroid dienone is 39. The highest BCUT2D eigenvalue weighted by Crippen LogP contribution is 2.45. The molecular formula is C91H138O17P2. The summed E-state index contributed by atoms with van der Waals surface area (Å²) < 4.78 is 68.4. The van der Waals surface area contributed by atoms with Crippen LogP contribution in [-0.4, -0.2) is 96.7 Å². The van der Waals surface area contributed by atoms with E-state index in [9.17, 15) is 43.2 Å². The Bertz CT molecular complexity index is 3050. The average Bonchev–Trinajstić information content (AvgIpc) is 0.906. The van der Waals surface area contributed by atoms with Crippen LogP contribution in [0.25, 0.3) is 0 Å². The number of phosphoric ester groups is 2. The van der Waals surface area contributed by atoms with E-state index in [0.29, 0.717) is 38.5 Å². The van der Waals surface area contributed by atoms with Gasteiger partial charge in [-0.2, -0.15) is 0 Å². The van der Waals surface area contributed by atoms with Crippen molar-refractivity contribution < 1.29 is 80.2 Å². The number of aliphatic hydroxyl groups excluding tert-OH is 1. The SMILES string of the molecule is CC/C=C\C/C=C\C/C=C\C/C=C\C/C=C\C/C=C\CCC(=O)OCC(COP(=O)(O)OCC(O)COP(=O)(O)OCC(COC(=O)CCCCCCCC/C=C\C/C=C\C/C=C\C/C=C\CC)OC(=O)C/C=C\C/C=C\C/C=C\C/C=C\C/C=C\CC)OC(=O)CCC/C=C\C/C=C\C/C=C\C/C=C\C/C=C\CC. The van der Waals surface area contributed by atoms with Gasteiger partial charge in [0.15, 0.2) is 12.2 Å². The largest absolute Gasteiger partial charge is 0.472 e. The predicted octanol–water partition coefficient (Wildman–Crippen LogP) is 24.0. The monoisotopic (exact) mass is 1560 g/mol. The summed E-state index contributed by atoms with van der Waals surface area (Å²) in [5.41, 5.74) is 0. The fourth-order valence-corrected chi connectivity index (χ4v) is 11.0. The maximum atomic E-state index is 13.1. The first-order valence-electron chi connectivity index (χ1n) is 40.3. The van der Waals surface area contributed by atoms with E-state index in [2.05, 4.69) is 216 Å². The smallest absolute Gasteiger partial charge is 0.462 e. The van der Waals surface area contributed by atoms with Gasteiger partial charge in [-0.1, -0.05) is 296 Å². The van der Waals surface area contributed by atoms with Gasteiger partial charge in [-0.05, 0) is 167 Å². The summed E-state index contributed by atoms with van der Waals surface area (Å²) in [4.78, 5) is 73.0. The van der Waals surface area contributed by atoms with Crippen LogP contribution < -0.4 is 0 Å². The van der Waals surface area contributed by atoms with Crippen LogP contribution >= 0.6 is 15.6 Å². The Morgan fingerprint density at radius 2 is 0.509 bits per heavy atom. The molecule has 0 aliphatic carbocycles. The molecule has 17 nitrogen and oxygen atoms in total. The molecule has 0 heterocycles. The second-order valence-corrected chi connectivity index (χ2v) is 28.4. The second kappa shape index (κ2) is 79.9. The van der Waals surface area contributed by atoms with Crippen molar-refractivity contribution >= 4 is 39.5 Å². The van der Waals surface area contributed by atoms with Crippen molar-refractivity contribution in [1.29, 1.82) is 0 Å². The van der Waals surface area contributed by atoms with Gasteiger partial charge in [0.25, 0.3) is 0 Å². The highest BCUT2D eigenvalue weighted by Gasteiger charge is 2.30. The fourth-order valence-electron chi connectivity index (χ4n) is 9.41. The first kappa shape index (κ1) is 103. The van der Waals surface area contributed by atoms with E-state index in [-0.39, 0.29) is 25.7 Å². The molecule has 0 spiro atoms. The van der Waals surface area contributed by atoms with Crippen molar-refractivity contribution in [1.82, 2.24) is 0 Å². The third-order valence-electron chi connectivity index (χ3n) is 15.3. The van der Waals surface area contributed by atoms with Crippen LogP contribution in [0.1, 0.15) is 246 Å². The van der Waals surface area contributed by atoms with Gasteiger partial charge in [-0.15, -0.1) is 0 Å². The van der Waals surface area contributed by atoms with Gasteiger partial charge in [0.2, 0.25) is 0 Å². The van der Waals surface area contributed by atoms with Crippen LogP contribution in [0.5, 0.6) is 0 Å². The maximum Gasteiger partial charge on any atom is 0.472 e. The Labute approximate surface area is 663 Å². The van der Waals surface area contributed by atoms with Crippen LogP contribution in [0.2, 0.25) is 0 Å². The molecule has 0 aromatic carbocycles. The number of aliphatic hydroxyl groups is 1. The Morgan fingerprint density at radius 1 is 0.264 bits per heavy atom. The van der Waals surface area contributed by atoms with Gasteiger partial charge >= 0.3 is 39.5 Å². The van der Waals surface area contributed by atoms with Gasteiger partial charge in [-0.3, -0.25) is 37.3 Å². The van der Waals surface area contributed by atoms with Gasteiger partial charge in [0, 0.05) is 19.3 Å². The predicted molar refractivity (Wildman–Crippen MR) is 454 cm³/mol. The minimum atomic E-state index is -5.03. The van der Waals surface area contributed by atoms with E-state index >= 15 is 0 Å². The van der Waals surface area contributed by atoms with E-state index < -0.39 is 97.5 Å². The number of rotatable bonds is 72. The lowest BCUT2D eigenvalue weighted by Crippen LogP contribution is -2.30. The molecule has 0 aliphatic rings.